The van der Waals surface area contributed by atoms with Crippen LogP contribution >= 0.6 is 0 Å². The minimum Gasteiger partial charge on any atom is -0.357 e. The molecule has 41 heavy (non-hydrogen) atoms. The molecular formula is C34H41N5O2. The smallest absolute Gasteiger partial charge is 0.185 e. The number of aryl methyl sites for hydroxylation is 1. The molecule has 0 saturated heterocycles. The van der Waals surface area contributed by atoms with Gasteiger partial charge in [0.15, 0.2) is 17.9 Å². The summed E-state index contributed by atoms with van der Waals surface area (Å²) in [6.45, 7) is 15.3. The molecular weight excluding hydrogens is 510 g/mol. The monoisotopic (exact) mass is 551 g/mol. The number of benzene rings is 2. The third-order valence-electron chi connectivity index (χ3n) is 7.12. The van der Waals surface area contributed by atoms with Crippen molar-refractivity contribution < 1.29 is 9.63 Å². The zero-order chi connectivity index (χ0) is 30.1. The number of rotatable bonds is 7. The Morgan fingerprint density at radius 3 is 2.44 bits per heavy atom. The topological polar surface area (TPSA) is 103 Å². The average Bonchev–Trinajstić information content (AvgIpc) is 3.28. The Balaban J connectivity index is 0.000000352. The first kappa shape index (κ1) is 31.3. The number of aldehydes is 1. The van der Waals surface area contributed by atoms with Gasteiger partial charge in [0.25, 0.3) is 0 Å². The average molecular weight is 552 g/mol. The van der Waals surface area contributed by atoms with Crippen molar-refractivity contribution in [2.45, 2.75) is 67.3 Å². The van der Waals surface area contributed by atoms with E-state index in [1.165, 1.54) is 11.1 Å². The van der Waals surface area contributed by atoms with Crippen LogP contribution in [0.1, 0.15) is 92.4 Å². The Hall–Kier alpha value is -4.28. The van der Waals surface area contributed by atoms with Crippen LogP contribution in [0.15, 0.2) is 64.5 Å². The number of oxime groups is 1. The van der Waals surface area contributed by atoms with Crippen LogP contribution in [0.25, 0.3) is 17.3 Å². The van der Waals surface area contributed by atoms with Gasteiger partial charge in [0.1, 0.15) is 0 Å². The molecule has 0 amide bonds. The Morgan fingerprint density at radius 2 is 1.88 bits per heavy atom. The van der Waals surface area contributed by atoms with E-state index in [0.29, 0.717) is 23.2 Å². The molecule has 0 bridgehead atoms. The van der Waals surface area contributed by atoms with Crippen LogP contribution in [0.4, 0.5) is 0 Å². The van der Waals surface area contributed by atoms with E-state index in [1.807, 2.05) is 52.1 Å². The van der Waals surface area contributed by atoms with Crippen molar-refractivity contribution in [1.29, 1.82) is 5.26 Å². The van der Waals surface area contributed by atoms with Gasteiger partial charge in [-0.3, -0.25) is 4.79 Å². The highest BCUT2D eigenvalue weighted by Gasteiger charge is 2.25. The van der Waals surface area contributed by atoms with E-state index < -0.39 is 0 Å². The number of carbonyl (C=O) groups is 1. The van der Waals surface area contributed by atoms with Crippen LogP contribution in [-0.4, -0.2) is 29.0 Å². The second-order valence-corrected chi connectivity index (χ2v) is 11.0. The number of hydrogen-bond donors (Lipinski definition) is 2. The lowest BCUT2D eigenvalue weighted by Gasteiger charge is -2.20. The second-order valence-electron chi connectivity index (χ2n) is 11.0. The summed E-state index contributed by atoms with van der Waals surface area (Å²) in [5.74, 6) is 2.06. The Kier molecular flexibility index (Phi) is 11.0. The summed E-state index contributed by atoms with van der Waals surface area (Å²) in [6, 6.07) is 16.1. The van der Waals surface area contributed by atoms with Crippen molar-refractivity contribution in [3.63, 3.8) is 0 Å². The minimum atomic E-state index is 0.351. The van der Waals surface area contributed by atoms with E-state index in [-0.39, 0.29) is 0 Å². The summed E-state index contributed by atoms with van der Waals surface area (Å²) in [4.78, 5) is 24.4. The van der Waals surface area contributed by atoms with E-state index in [9.17, 15) is 4.79 Å². The predicted octanol–water partition coefficient (Wildman–Crippen LogP) is 7.71. The Labute approximate surface area is 244 Å². The van der Waals surface area contributed by atoms with Crippen LogP contribution < -0.4 is 5.32 Å². The molecule has 4 rings (SSSR count). The van der Waals surface area contributed by atoms with Gasteiger partial charge in [-0.05, 0) is 112 Å². The standard InChI is InChI=1S/C25H31N3O2.C9H10N2/c1-14(2)25(30-28-15(3)4)21-10-16(5)17(6)22-9-8-19(11-20(22)12-21)24-18(7)26-23(13-29)27-24;1-11-7-9-4-2-8(6-10)3-5-9/h8-9,11-13,16-17H,10H2,1-7H3,(H,26,27);2-5,11H,7H2,1H3/t16?,17-;/m0./s1. The molecule has 0 aliphatic heterocycles. The maximum atomic E-state index is 11.1. The largest absolute Gasteiger partial charge is 0.357 e. The predicted molar refractivity (Wildman–Crippen MR) is 166 cm³/mol. The van der Waals surface area contributed by atoms with Gasteiger partial charge < -0.3 is 15.1 Å². The van der Waals surface area contributed by atoms with E-state index in [4.69, 9.17) is 10.1 Å². The summed E-state index contributed by atoms with van der Waals surface area (Å²) >= 11 is 0. The molecule has 1 heterocycles. The molecule has 7 nitrogen and oxygen atoms in total. The number of carbonyl (C=O) groups excluding carboxylic acids is 1. The maximum Gasteiger partial charge on any atom is 0.185 e. The van der Waals surface area contributed by atoms with Crippen LogP contribution in [0.5, 0.6) is 0 Å². The number of fused-ring (bicyclic) bond motifs is 1. The van der Waals surface area contributed by atoms with Gasteiger partial charge in [0, 0.05) is 17.8 Å². The number of aromatic amines is 1. The van der Waals surface area contributed by atoms with Crippen LogP contribution in [0.2, 0.25) is 0 Å². The first-order valence-electron chi connectivity index (χ1n) is 13.9. The van der Waals surface area contributed by atoms with Crippen molar-refractivity contribution in [1.82, 2.24) is 15.3 Å². The Bertz CT molecular complexity index is 1490. The second kappa shape index (κ2) is 14.4. The molecule has 1 aliphatic rings. The number of nitriles is 1. The van der Waals surface area contributed by atoms with E-state index in [0.717, 1.165) is 64.4 Å². The Morgan fingerprint density at radius 1 is 1.17 bits per heavy atom. The quantitative estimate of drug-likeness (QED) is 0.135. The molecule has 0 fully saturated rings. The van der Waals surface area contributed by atoms with Gasteiger partial charge in [-0.1, -0.05) is 43.3 Å². The molecule has 1 aromatic heterocycles. The number of H-pyrrole nitrogens is 1. The summed E-state index contributed by atoms with van der Waals surface area (Å²) in [5.41, 5.74) is 10.2. The van der Waals surface area contributed by atoms with Gasteiger partial charge >= 0.3 is 0 Å². The van der Waals surface area contributed by atoms with Gasteiger partial charge in [-0.15, -0.1) is 0 Å². The molecule has 1 aliphatic carbocycles. The van der Waals surface area contributed by atoms with Crippen molar-refractivity contribution in [3.8, 4) is 17.3 Å². The molecule has 0 radical (unpaired) electrons. The molecule has 7 heteroatoms. The number of hydrogen-bond acceptors (Lipinski definition) is 6. The van der Waals surface area contributed by atoms with Crippen LogP contribution in [0.3, 0.4) is 0 Å². The first-order chi connectivity index (χ1) is 19.6. The lowest BCUT2D eigenvalue weighted by Crippen LogP contribution is -2.07. The number of allylic oxidation sites excluding steroid dienone is 2. The molecule has 3 aromatic rings. The molecule has 2 atom stereocenters. The van der Waals surface area contributed by atoms with Crippen LogP contribution in [-0.2, 0) is 11.4 Å². The molecule has 2 aromatic carbocycles. The fraction of sp³-hybridized carbons (Fsp3) is 0.353. The van der Waals surface area contributed by atoms with Crippen LogP contribution in [0, 0.1) is 24.2 Å². The summed E-state index contributed by atoms with van der Waals surface area (Å²) in [7, 11) is 1.90. The molecule has 0 saturated carbocycles. The van der Waals surface area contributed by atoms with E-state index in [2.05, 4.69) is 78.5 Å². The zero-order valence-electron chi connectivity index (χ0n) is 25.4. The molecule has 0 spiro atoms. The highest BCUT2D eigenvalue weighted by Crippen LogP contribution is 2.40. The van der Waals surface area contributed by atoms with Gasteiger partial charge in [-0.25, -0.2) is 4.98 Å². The summed E-state index contributed by atoms with van der Waals surface area (Å²) < 4.78 is 0. The van der Waals surface area contributed by atoms with Gasteiger partial charge in [0.05, 0.1) is 23.0 Å². The van der Waals surface area contributed by atoms with Crippen molar-refractivity contribution >= 4 is 18.1 Å². The van der Waals surface area contributed by atoms with Crippen molar-refractivity contribution in [2.75, 3.05) is 7.05 Å². The fourth-order valence-electron chi connectivity index (χ4n) is 4.83. The van der Waals surface area contributed by atoms with E-state index in [1.54, 1.807) is 0 Å². The molecule has 214 valence electrons. The number of nitrogens with zero attached hydrogens (tertiary/aromatic N) is 3. The fourth-order valence-corrected chi connectivity index (χ4v) is 4.83. The van der Waals surface area contributed by atoms with Gasteiger partial charge in [0.2, 0.25) is 0 Å². The van der Waals surface area contributed by atoms with E-state index >= 15 is 0 Å². The number of aromatic nitrogens is 2. The van der Waals surface area contributed by atoms with Crippen molar-refractivity contribution in [3.05, 3.63) is 93.1 Å². The number of nitrogens with one attached hydrogen (secondary N) is 2. The summed E-state index contributed by atoms with van der Waals surface area (Å²) in [6.07, 6.45) is 3.89. The lowest BCUT2D eigenvalue weighted by atomic mass is 9.85. The highest BCUT2D eigenvalue weighted by atomic mass is 16.6. The zero-order valence-corrected chi connectivity index (χ0v) is 25.4. The third-order valence-corrected chi connectivity index (χ3v) is 7.12. The lowest BCUT2D eigenvalue weighted by molar-refractivity contribution is 0.111. The number of imidazole rings is 1. The normalized spacial score (nSPS) is 15.6. The highest BCUT2D eigenvalue weighted by molar-refractivity contribution is 5.78. The molecule has 2 N–H and O–H groups in total. The maximum absolute atomic E-state index is 11.1. The first-order valence-corrected chi connectivity index (χ1v) is 13.9. The summed E-state index contributed by atoms with van der Waals surface area (Å²) in [5, 5.41) is 15.7. The third kappa shape index (κ3) is 8.12. The SMILES string of the molecule is CC(C)=NOC(C1=Cc2cc(-c3nc(C=O)[nH]c3C)ccc2[C@@H](C)C(C)C1)=C(C)C.CNCc1ccc(C#N)cc1. The molecule has 1 unspecified atom stereocenters. The minimum absolute atomic E-state index is 0.351. The van der Waals surface area contributed by atoms with Crippen molar-refractivity contribution in [2.24, 2.45) is 11.1 Å². The van der Waals surface area contributed by atoms with Gasteiger partial charge in [-0.2, -0.15) is 5.26 Å².